The highest BCUT2D eigenvalue weighted by Gasteiger charge is 2.21. The van der Waals surface area contributed by atoms with Crippen molar-refractivity contribution in [2.24, 2.45) is 5.73 Å². The Morgan fingerprint density at radius 2 is 2.50 bits per heavy atom. The molecule has 1 aromatic heterocycles. The summed E-state index contributed by atoms with van der Waals surface area (Å²) >= 11 is 4.95. The van der Waals surface area contributed by atoms with Gasteiger partial charge in [-0.1, -0.05) is 12.2 Å². The van der Waals surface area contributed by atoms with Crippen molar-refractivity contribution in [2.45, 2.75) is 12.5 Å². The van der Waals surface area contributed by atoms with Gasteiger partial charge >= 0.3 is 0 Å². The fraction of sp³-hybridized carbons (Fsp3) is 0.455. The van der Waals surface area contributed by atoms with Crippen LogP contribution in [-0.4, -0.2) is 36.3 Å². The summed E-state index contributed by atoms with van der Waals surface area (Å²) in [7, 11) is 2.02. The lowest BCUT2D eigenvalue weighted by Gasteiger charge is -2.24. The van der Waals surface area contributed by atoms with Crippen molar-refractivity contribution in [1.29, 1.82) is 0 Å². The Morgan fingerprint density at radius 3 is 3.12 bits per heavy atom. The zero-order valence-electron chi connectivity index (χ0n) is 9.22. The summed E-state index contributed by atoms with van der Waals surface area (Å²) in [6.45, 7) is 1.58. The Labute approximate surface area is 100 Å². The summed E-state index contributed by atoms with van der Waals surface area (Å²) in [6, 6.07) is 4.14. The van der Waals surface area contributed by atoms with Gasteiger partial charge in [0.15, 0.2) is 0 Å². The lowest BCUT2D eigenvalue weighted by atomic mass is 10.2. The maximum Gasteiger partial charge on any atom is 0.129 e. The molecule has 2 heterocycles. The third kappa shape index (κ3) is 2.31. The number of ether oxygens (including phenoxy) is 1. The first-order valence-corrected chi connectivity index (χ1v) is 5.66. The second-order valence-electron chi connectivity index (χ2n) is 3.90. The summed E-state index contributed by atoms with van der Waals surface area (Å²) in [4.78, 5) is 6.84. The van der Waals surface area contributed by atoms with Crippen molar-refractivity contribution in [2.75, 3.05) is 25.2 Å². The maximum absolute atomic E-state index is 5.60. The van der Waals surface area contributed by atoms with Crippen LogP contribution in [0.15, 0.2) is 18.3 Å². The Kier molecular flexibility index (Phi) is 3.36. The topological polar surface area (TPSA) is 51.4 Å². The van der Waals surface area contributed by atoms with Gasteiger partial charge in [-0.2, -0.15) is 0 Å². The second-order valence-corrected chi connectivity index (χ2v) is 4.34. The maximum atomic E-state index is 5.60. The van der Waals surface area contributed by atoms with E-state index in [1.165, 1.54) is 0 Å². The molecule has 1 unspecified atom stereocenters. The van der Waals surface area contributed by atoms with E-state index in [0.29, 0.717) is 11.0 Å². The highest BCUT2D eigenvalue weighted by Crippen LogP contribution is 2.18. The molecule has 0 aliphatic carbocycles. The summed E-state index contributed by atoms with van der Waals surface area (Å²) in [5, 5.41) is 0. The number of nitrogens with zero attached hydrogens (tertiary/aromatic N) is 2. The SMILES string of the molecule is CN(c1cc(C(N)=S)ccn1)C1CCOC1. The lowest BCUT2D eigenvalue weighted by Crippen LogP contribution is -2.32. The standard InChI is InChI=1S/C11H15N3OS/c1-14(9-3-5-15-7-9)10-6-8(11(12)16)2-4-13-10/h2,4,6,9H,3,5,7H2,1H3,(H2,12,16). The number of nitrogens with two attached hydrogens (primary N) is 1. The van der Waals surface area contributed by atoms with Crippen molar-refractivity contribution < 1.29 is 4.74 Å². The van der Waals surface area contributed by atoms with E-state index >= 15 is 0 Å². The number of thiocarbonyl (C=S) groups is 1. The average Bonchev–Trinajstić information content (AvgIpc) is 2.81. The number of aromatic nitrogens is 1. The van der Waals surface area contributed by atoms with Gasteiger partial charge in [0.2, 0.25) is 0 Å². The largest absolute Gasteiger partial charge is 0.389 e. The molecule has 0 amide bonds. The van der Waals surface area contributed by atoms with Crippen LogP contribution in [0.2, 0.25) is 0 Å². The summed E-state index contributed by atoms with van der Waals surface area (Å²) in [6.07, 6.45) is 2.77. The van der Waals surface area contributed by atoms with Crippen LogP contribution in [-0.2, 0) is 4.74 Å². The monoisotopic (exact) mass is 237 g/mol. The van der Waals surface area contributed by atoms with Gasteiger partial charge in [-0.25, -0.2) is 4.98 Å². The molecular formula is C11H15N3OS. The molecule has 1 atom stereocenters. The first-order chi connectivity index (χ1) is 7.68. The molecule has 86 valence electrons. The number of anilines is 1. The Hall–Kier alpha value is -1.20. The van der Waals surface area contributed by atoms with Crippen molar-refractivity contribution in [3.8, 4) is 0 Å². The van der Waals surface area contributed by atoms with E-state index in [0.717, 1.165) is 31.0 Å². The van der Waals surface area contributed by atoms with E-state index in [4.69, 9.17) is 22.7 Å². The number of rotatable bonds is 3. The van der Waals surface area contributed by atoms with Crippen molar-refractivity contribution >= 4 is 23.0 Å². The molecule has 0 radical (unpaired) electrons. The van der Waals surface area contributed by atoms with E-state index in [2.05, 4.69) is 9.88 Å². The molecule has 0 bridgehead atoms. The first-order valence-electron chi connectivity index (χ1n) is 5.25. The van der Waals surface area contributed by atoms with Crippen LogP contribution in [0.3, 0.4) is 0 Å². The van der Waals surface area contributed by atoms with Crippen LogP contribution in [0, 0.1) is 0 Å². The van der Waals surface area contributed by atoms with Gasteiger partial charge in [-0.15, -0.1) is 0 Å². The van der Waals surface area contributed by atoms with E-state index < -0.39 is 0 Å². The second kappa shape index (κ2) is 4.76. The summed E-state index contributed by atoms with van der Waals surface area (Å²) in [5.41, 5.74) is 6.45. The molecule has 16 heavy (non-hydrogen) atoms. The van der Waals surface area contributed by atoms with Crippen LogP contribution in [0.4, 0.5) is 5.82 Å². The van der Waals surface area contributed by atoms with E-state index in [9.17, 15) is 0 Å². The molecule has 1 aliphatic heterocycles. The third-order valence-corrected chi connectivity index (χ3v) is 3.08. The van der Waals surface area contributed by atoms with Gasteiger partial charge in [0.25, 0.3) is 0 Å². The Bertz CT molecular complexity index is 391. The molecule has 1 aliphatic rings. The fourth-order valence-electron chi connectivity index (χ4n) is 1.78. The molecule has 2 N–H and O–H groups in total. The highest BCUT2D eigenvalue weighted by molar-refractivity contribution is 7.80. The molecular weight excluding hydrogens is 222 g/mol. The predicted molar refractivity (Wildman–Crippen MR) is 67.8 cm³/mol. The Balaban J connectivity index is 2.18. The zero-order chi connectivity index (χ0) is 11.5. The van der Waals surface area contributed by atoms with Crippen LogP contribution in [0.1, 0.15) is 12.0 Å². The van der Waals surface area contributed by atoms with Crippen molar-refractivity contribution in [3.63, 3.8) is 0 Å². The van der Waals surface area contributed by atoms with Crippen LogP contribution in [0.25, 0.3) is 0 Å². The van der Waals surface area contributed by atoms with E-state index in [1.54, 1.807) is 6.20 Å². The van der Waals surface area contributed by atoms with Crippen LogP contribution in [0.5, 0.6) is 0 Å². The summed E-state index contributed by atoms with van der Waals surface area (Å²) in [5.74, 6) is 0.890. The van der Waals surface area contributed by atoms with Crippen molar-refractivity contribution in [1.82, 2.24) is 4.98 Å². The number of hydrogen-bond donors (Lipinski definition) is 1. The normalized spacial score (nSPS) is 19.7. The predicted octanol–water partition coefficient (Wildman–Crippen LogP) is 0.941. The van der Waals surface area contributed by atoms with Gasteiger partial charge in [0.05, 0.1) is 12.6 Å². The first kappa shape index (κ1) is 11.3. The molecule has 0 saturated carbocycles. The average molecular weight is 237 g/mol. The minimum absolute atomic E-state index is 0.397. The minimum Gasteiger partial charge on any atom is -0.389 e. The number of hydrogen-bond acceptors (Lipinski definition) is 4. The Morgan fingerprint density at radius 1 is 1.69 bits per heavy atom. The lowest BCUT2D eigenvalue weighted by molar-refractivity contribution is 0.193. The molecule has 0 spiro atoms. The van der Waals surface area contributed by atoms with Gasteiger partial charge < -0.3 is 15.4 Å². The fourth-order valence-corrected chi connectivity index (χ4v) is 1.91. The smallest absolute Gasteiger partial charge is 0.129 e. The number of likely N-dealkylation sites (N-methyl/N-ethyl adjacent to an activating group) is 1. The molecule has 5 heteroatoms. The van der Waals surface area contributed by atoms with Crippen molar-refractivity contribution in [3.05, 3.63) is 23.9 Å². The van der Waals surface area contributed by atoms with E-state index in [-0.39, 0.29) is 0 Å². The van der Waals surface area contributed by atoms with Gasteiger partial charge in [-0.3, -0.25) is 0 Å². The quantitative estimate of drug-likeness (QED) is 0.793. The molecule has 0 aromatic carbocycles. The third-order valence-electron chi connectivity index (χ3n) is 2.84. The highest BCUT2D eigenvalue weighted by atomic mass is 32.1. The minimum atomic E-state index is 0.397. The molecule has 2 rings (SSSR count). The van der Waals surface area contributed by atoms with Crippen LogP contribution < -0.4 is 10.6 Å². The zero-order valence-corrected chi connectivity index (χ0v) is 10.0. The summed E-state index contributed by atoms with van der Waals surface area (Å²) < 4.78 is 5.36. The molecule has 1 fully saturated rings. The number of pyridine rings is 1. The van der Waals surface area contributed by atoms with Gasteiger partial charge in [0, 0.05) is 25.4 Å². The molecule has 1 saturated heterocycles. The molecule has 4 nitrogen and oxygen atoms in total. The van der Waals surface area contributed by atoms with Gasteiger partial charge in [-0.05, 0) is 18.6 Å². The van der Waals surface area contributed by atoms with Gasteiger partial charge in [0.1, 0.15) is 10.8 Å². The van der Waals surface area contributed by atoms with E-state index in [1.807, 2.05) is 19.2 Å². The van der Waals surface area contributed by atoms with Crippen LogP contribution >= 0.6 is 12.2 Å². The molecule has 1 aromatic rings.